The van der Waals surface area contributed by atoms with Crippen LogP contribution in [0.4, 0.5) is 0 Å². The lowest BCUT2D eigenvalue weighted by molar-refractivity contribution is -0.220. The van der Waals surface area contributed by atoms with Crippen LogP contribution >= 0.6 is 0 Å². The number of hydrogen-bond donors (Lipinski definition) is 1. The van der Waals surface area contributed by atoms with E-state index < -0.39 is 5.60 Å². The van der Waals surface area contributed by atoms with Crippen LogP contribution in [0.15, 0.2) is 42.5 Å². The fourth-order valence-corrected chi connectivity index (χ4v) is 4.03. The molecule has 3 aromatic rings. The quantitative estimate of drug-likeness (QED) is 0.585. The van der Waals surface area contributed by atoms with Gasteiger partial charge in [0.25, 0.3) is 0 Å². The number of hydrogen-bond acceptors (Lipinski definition) is 6. The summed E-state index contributed by atoms with van der Waals surface area (Å²) < 4.78 is 16.6. The maximum atomic E-state index is 9.75. The van der Waals surface area contributed by atoms with E-state index in [0.717, 1.165) is 38.7 Å². The van der Waals surface area contributed by atoms with Gasteiger partial charge in [0, 0.05) is 24.1 Å². The zero-order chi connectivity index (χ0) is 22.0. The molecule has 1 fully saturated rings. The van der Waals surface area contributed by atoms with Crippen LogP contribution in [0.2, 0.25) is 0 Å². The summed E-state index contributed by atoms with van der Waals surface area (Å²) in [6, 6.07) is 16.3. The molecular weight excluding hydrogens is 390 g/mol. The van der Waals surface area contributed by atoms with Gasteiger partial charge >= 0.3 is 0 Å². The summed E-state index contributed by atoms with van der Waals surface area (Å²) in [4.78, 5) is 4.65. The predicted molar refractivity (Wildman–Crippen MR) is 120 cm³/mol. The highest BCUT2D eigenvalue weighted by molar-refractivity contribution is 5.89. The van der Waals surface area contributed by atoms with E-state index in [2.05, 4.69) is 17.1 Å². The van der Waals surface area contributed by atoms with Gasteiger partial charge in [0.1, 0.15) is 17.4 Å². The van der Waals surface area contributed by atoms with Crippen molar-refractivity contribution < 1.29 is 14.2 Å². The second-order valence-electron chi connectivity index (χ2n) is 8.11. The van der Waals surface area contributed by atoms with Gasteiger partial charge in [0.15, 0.2) is 0 Å². The number of fused-ring (bicyclic) bond motifs is 1. The van der Waals surface area contributed by atoms with Crippen molar-refractivity contribution in [2.75, 3.05) is 33.5 Å². The lowest BCUT2D eigenvalue weighted by Crippen LogP contribution is -2.49. The minimum absolute atomic E-state index is 0.130. The number of aromatic nitrogens is 1. The number of aryl methyl sites for hydroxylation is 1. The molecule has 1 aromatic heterocycles. The van der Waals surface area contributed by atoms with Crippen molar-refractivity contribution >= 4 is 10.9 Å². The summed E-state index contributed by atoms with van der Waals surface area (Å²) >= 11 is 0. The highest BCUT2D eigenvalue weighted by atomic mass is 16.6. The van der Waals surface area contributed by atoms with Crippen molar-refractivity contribution in [3.05, 3.63) is 64.8 Å². The smallest absolute Gasteiger partial charge is 0.149 e. The van der Waals surface area contributed by atoms with Crippen molar-refractivity contribution in [1.29, 1.82) is 5.26 Å². The predicted octanol–water partition coefficient (Wildman–Crippen LogP) is 3.99. The van der Waals surface area contributed by atoms with Crippen molar-refractivity contribution in [3.63, 3.8) is 0 Å². The van der Waals surface area contributed by atoms with E-state index in [1.807, 2.05) is 50.2 Å². The lowest BCUT2D eigenvalue weighted by atomic mass is 9.89. The van der Waals surface area contributed by atoms with Crippen LogP contribution in [0.3, 0.4) is 0 Å². The Morgan fingerprint density at radius 1 is 1.19 bits per heavy atom. The molecule has 1 saturated heterocycles. The molecule has 0 amide bonds. The Kier molecular flexibility index (Phi) is 6.03. The van der Waals surface area contributed by atoms with Gasteiger partial charge in [0.2, 0.25) is 0 Å². The third-order valence-electron chi connectivity index (χ3n) is 5.77. The van der Waals surface area contributed by atoms with Gasteiger partial charge in [-0.1, -0.05) is 30.3 Å². The number of ether oxygens (including phenoxy) is 3. The number of rotatable bonds is 7. The van der Waals surface area contributed by atoms with E-state index in [0.29, 0.717) is 32.1 Å². The SMILES string of the molecule is COCCOC1(c2ccc(-c3cc4c(C(C)N)cc(C)cc4nc3C#N)cc2)COC1. The molecule has 1 unspecified atom stereocenters. The van der Waals surface area contributed by atoms with Crippen LogP contribution in [0, 0.1) is 18.3 Å². The molecule has 2 aromatic carbocycles. The summed E-state index contributed by atoms with van der Waals surface area (Å²) in [6.07, 6.45) is 0. The largest absolute Gasteiger partial charge is 0.382 e. The Labute approximate surface area is 182 Å². The van der Waals surface area contributed by atoms with Gasteiger partial charge in [-0.25, -0.2) is 4.98 Å². The minimum Gasteiger partial charge on any atom is -0.382 e. The first-order chi connectivity index (χ1) is 15.0. The van der Waals surface area contributed by atoms with E-state index in [4.69, 9.17) is 19.9 Å². The molecular formula is C25H27N3O3. The van der Waals surface area contributed by atoms with Crippen LogP contribution in [-0.4, -0.2) is 38.5 Å². The summed E-state index contributed by atoms with van der Waals surface area (Å²) in [6.45, 7) is 6.07. The molecule has 1 aliphatic heterocycles. The third kappa shape index (κ3) is 4.06. The Balaban J connectivity index is 1.74. The van der Waals surface area contributed by atoms with E-state index in [9.17, 15) is 5.26 Å². The van der Waals surface area contributed by atoms with E-state index in [-0.39, 0.29) is 6.04 Å². The minimum atomic E-state index is -0.434. The Bertz CT molecular complexity index is 1130. The topological polar surface area (TPSA) is 90.4 Å². The standard InChI is InChI=1S/C25H27N3O3/c1-16-10-20(17(2)27)22-12-21(24(13-26)28-23(22)11-16)18-4-6-19(7-5-18)25(14-30-15-25)31-9-8-29-3/h4-7,10-12,17H,8-9,14-15,27H2,1-3H3. The molecule has 2 N–H and O–H groups in total. The lowest BCUT2D eigenvalue weighted by Gasteiger charge is -2.41. The fourth-order valence-electron chi connectivity index (χ4n) is 4.03. The van der Waals surface area contributed by atoms with Gasteiger partial charge in [0.05, 0.1) is 31.9 Å². The van der Waals surface area contributed by atoms with Gasteiger partial charge in [-0.2, -0.15) is 5.26 Å². The van der Waals surface area contributed by atoms with Crippen LogP contribution in [0.5, 0.6) is 0 Å². The molecule has 4 rings (SSSR count). The van der Waals surface area contributed by atoms with Crippen molar-refractivity contribution in [2.24, 2.45) is 5.73 Å². The number of nitriles is 1. The number of benzene rings is 2. The summed E-state index contributed by atoms with van der Waals surface area (Å²) in [5.74, 6) is 0. The Morgan fingerprint density at radius 3 is 2.52 bits per heavy atom. The van der Waals surface area contributed by atoms with Crippen LogP contribution in [0.25, 0.3) is 22.0 Å². The number of nitrogens with zero attached hydrogens (tertiary/aromatic N) is 2. The molecule has 0 saturated carbocycles. The number of methoxy groups -OCH3 is 1. The Hall–Kier alpha value is -2.82. The van der Waals surface area contributed by atoms with E-state index in [1.54, 1.807) is 7.11 Å². The summed E-state index contributed by atoms with van der Waals surface area (Å²) in [5, 5.41) is 10.7. The van der Waals surface area contributed by atoms with Gasteiger partial charge < -0.3 is 19.9 Å². The highest BCUT2D eigenvalue weighted by Crippen LogP contribution is 2.36. The van der Waals surface area contributed by atoms with Crippen LogP contribution < -0.4 is 5.73 Å². The zero-order valence-corrected chi connectivity index (χ0v) is 18.1. The zero-order valence-electron chi connectivity index (χ0n) is 18.1. The molecule has 0 radical (unpaired) electrons. The molecule has 160 valence electrons. The first-order valence-corrected chi connectivity index (χ1v) is 10.4. The Morgan fingerprint density at radius 2 is 1.94 bits per heavy atom. The molecule has 1 aliphatic rings. The molecule has 0 bridgehead atoms. The fraction of sp³-hybridized carbons (Fsp3) is 0.360. The van der Waals surface area contributed by atoms with Gasteiger partial charge in [-0.05, 0) is 48.2 Å². The first kappa shape index (κ1) is 21.4. The van der Waals surface area contributed by atoms with Crippen LogP contribution in [0.1, 0.15) is 35.3 Å². The monoisotopic (exact) mass is 417 g/mol. The van der Waals surface area contributed by atoms with Gasteiger partial charge in [-0.3, -0.25) is 0 Å². The average Bonchev–Trinajstić information content (AvgIpc) is 2.74. The maximum absolute atomic E-state index is 9.75. The first-order valence-electron chi connectivity index (χ1n) is 10.4. The van der Waals surface area contributed by atoms with Crippen molar-refractivity contribution in [3.8, 4) is 17.2 Å². The number of nitrogens with two attached hydrogens (primary N) is 1. The highest BCUT2D eigenvalue weighted by Gasteiger charge is 2.41. The molecule has 0 aliphatic carbocycles. The average molecular weight is 418 g/mol. The summed E-state index contributed by atoms with van der Waals surface area (Å²) in [5.41, 5.74) is 11.9. The van der Waals surface area contributed by atoms with E-state index >= 15 is 0 Å². The molecule has 31 heavy (non-hydrogen) atoms. The van der Waals surface area contributed by atoms with Crippen LogP contribution in [-0.2, 0) is 19.8 Å². The molecule has 2 heterocycles. The molecule has 0 spiro atoms. The second kappa shape index (κ2) is 8.74. The van der Waals surface area contributed by atoms with Crippen molar-refractivity contribution in [1.82, 2.24) is 4.98 Å². The maximum Gasteiger partial charge on any atom is 0.149 e. The second-order valence-corrected chi connectivity index (χ2v) is 8.11. The molecule has 6 heteroatoms. The van der Waals surface area contributed by atoms with Crippen molar-refractivity contribution in [2.45, 2.75) is 25.5 Å². The van der Waals surface area contributed by atoms with E-state index in [1.165, 1.54) is 0 Å². The number of pyridine rings is 1. The molecule has 6 nitrogen and oxygen atoms in total. The third-order valence-corrected chi connectivity index (χ3v) is 5.77. The normalized spacial score (nSPS) is 16.0. The molecule has 1 atom stereocenters. The van der Waals surface area contributed by atoms with Gasteiger partial charge in [-0.15, -0.1) is 0 Å². The summed E-state index contributed by atoms with van der Waals surface area (Å²) in [7, 11) is 1.66.